The Kier molecular flexibility index (Phi) is 6.13. The van der Waals surface area contributed by atoms with Crippen molar-refractivity contribution in [2.75, 3.05) is 32.7 Å². The van der Waals surface area contributed by atoms with Crippen LogP contribution in [-0.4, -0.2) is 37.6 Å². The molecule has 0 saturated carbocycles. The first-order chi connectivity index (χ1) is 8.41. The molecule has 1 aliphatic heterocycles. The van der Waals surface area contributed by atoms with Crippen LogP contribution in [0.2, 0.25) is 0 Å². The highest BCUT2D eigenvalue weighted by Crippen LogP contribution is 2.36. The van der Waals surface area contributed by atoms with E-state index in [2.05, 4.69) is 44.8 Å². The molecule has 2 nitrogen and oxygen atoms in total. The Labute approximate surface area is 115 Å². The molecule has 0 aromatic carbocycles. The Morgan fingerprint density at radius 2 is 1.78 bits per heavy atom. The average molecular weight is 254 g/mol. The van der Waals surface area contributed by atoms with Gasteiger partial charge in [-0.25, -0.2) is 0 Å². The van der Waals surface area contributed by atoms with Crippen molar-refractivity contribution in [1.29, 1.82) is 0 Å². The molecule has 0 spiro atoms. The van der Waals surface area contributed by atoms with Gasteiger partial charge >= 0.3 is 0 Å². The summed E-state index contributed by atoms with van der Waals surface area (Å²) in [6, 6.07) is 0. The summed E-state index contributed by atoms with van der Waals surface area (Å²) in [5.41, 5.74) is 1.09. The molecule has 2 heteroatoms. The number of rotatable bonds is 7. The zero-order chi connectivity index (χ0) is 13.6. The molecule has 1 fully saturated rings. The lowest BCUT2D eigenvalue weighted by atomic mass is 9.82. The summed E-state index contributed by atoms with van der Waals surface area (Å²) in [4.78, 5) is 2.65. The van der Waals surface area contributed by atoms with Gasteiger partial charge in [0, 0.05) is 19.6 Å². The summed E-state index contributed by atoms with van der Waals surface area (Å²) in [6.45, 7) is 17.8. The predicted octanol–water partition coefficient (Wildman–Crippen LogP) is 3.52. The minimum atomic E-state index is 0.459. The van der Waals surface area contributed by atoms with Crippen molar-refractivity contribution >= 4 is 0 Å². The highest BCUT2D eigenvalue weighted by Gasteiger charge is 2.34. The highest BCUT2D eigenvalue weighted by atomic mass is 15.2. The van der Waals surface area contributed by atoms with Crippen LogP contribution in [-0.2, 0) is 0 Å². The topological polar surface area (TPSA) is 15.3 Å². The van der Waals surface area contributed by atoms with E-state index in [1.165, 1.54) is 45.3 Å². The van der Waals surface area contributed by atoms with E-state index in [0.29, 0.717) is 10.8 Å². The average Bonchev–Trinajstić information content (AvgIpc) is 2.72. The van der Waals surface area contributed by atoms with Crippen molar-refractivity contribution < 1.29 is 0 Å². The maximum absolute atomic E-state index is 3.59. The van der Waals surface area contributed by atoms with Crippen molar-refractivity contribution in [2.45, 2.75) is 60.3 Å². The quantitative estimate of drug-likeness (QED) is 0.699. The van der Waals surface area contributed by atoms with E-state index in [0.717, 1.165) is 13.1 Å². The lowest BCUT2D eigenvalue weighted by molar-refractivity contribution is 0.239. The standard InChI is InChI=1S/C16H34N2/c1-6-16(7-2)9-12-18(14-16)13-11-17-10-8-15(3,4)5/h17H,6-14H2,1-5H3. The van der Waals surface area contributed by atoms with Crippen molar-refractivity contribution in [3.8, 4) is 0 Å². The third-order valence-corrected chi connectivity index (χ3v) is 4.67. The molecule has 1 N–H and O–H groups in total. The van der Waals surface area contributed by atoms with Crippen LogP contribution in [0.15, 0.2) is 0 Å². The second-order valence-electron chi connectivity index (χ2n) is 7.29. The zero-order valence-electron chi connectivity index (χ0n) is 13.3. The monoisotopic (exact) mass is 254 g/mol. The maximum Gasteiger partial charge on any atom is 0.0107 e. The van der Waals surface area contributed by atoms with Crippen LogP contribution in [0.1, 0.15) is 60.3 Å². The summed E-state index contributed by atoms with van der Waals surface area (Å²) in [5, 5.41) is 3.59. The van der Waals surface area contributed by atoms with Crippen LogP contribution >= 0.6 is 0 Å². The molecule has 18 heavy (non-hydrogen) atoms. The maximum atomic E-state index is 3.59. The molecule has 108 valence electrons. The summed E-state index contributed by atoms with van der Waals surface area (Å²) in [5.74, 6) is 0. The lowest BCUT2D eigenvalue weighted by Gasteiger charge is -2.26. The van der Waals surface area contributed by atoms with Crippen molar-refractivity contribution in [3.63, 3.8) is 0 Å². The Hall–Kier alpha value is -0.0800. The van der Waals surface area contributed by atoms with Crippen LogP contribution in [0.3, 0.4) is 0 Å². The molecule has 1 saturated heterocycles. The predicted molar refractivity (Wildman–Crippen MR) is 81.0 cm³/mol. The molecule has 0 aromatic rings. The SMILES string of the molecule is CCC1(CC)CCN(CCNCCC(C)(C)C)C1. The van der Waals surface area contributed by atoms with E-state index < -0.39 is 0 Å². The van der Waals surface area contributed by atoms with E-state index in [1.54, 1.807) is 0 Å². The van der Waals surface area contributed by atoms with Gasteiger partial charge in [0.1, 0.15) is 0 Å². The molecule has 1 aliphatic rings. The number of likely N-dealkylation sites (tertiary alicyclic amines) is 1. The summed E-state index contributed by atoms with van der Waals surface area (Å²) in [7, 11) is 0. The van der Waals surface area contributed by atoms with Crippen LogP contribution in [0.5, 0.6) is 0 Å². The third-order valence-electron chi connectivity index (χ3n) is 4.67. The lowest BCUT2D eigenvalue weighted by Crippen LogP contribution is -2.33. The van der Waals surface area contributed by atoms with Gasteiger partial charge in [-0.3, -0.25) is 0 Å². The molecule has 0 bridgehead atoms. The van der Waals surface area contributed by atoms with Crippen LogP contribution in [0.4, 0.5) is 0 Å². The third kappa shape index (κ3) is 5.27. The number of hydrogen-bond acceptors (Lipinski definition) is 2. The molecule has 0 aromatic heterocycles. The van der Waals surface area contributed by atoms with Crippen LogP contribution in [0.25, 0.3) is 0 Å². The van der Waals surface area contributed by atoms with Gasteiger partial charge in [-0.2, -0.15) is 0 Å². The largest absolute Gasteiger partial charge is 0.315 e. The fourth-order valence-corrected chi connectivity index (χ4v) is 2.87. The van der Waals surface area contributed by atoms with Crippen molar-refractivity contribution in [1.82, 2.24) is 10.2 Å². The van der Waals surface area contributed by atoms with Gasteiger partial charge in [0.2, 0.25) is 0 Å². The van der Waals surface area contributed by atoms with Gasteiger partial charge in [0.25, 0.3) is 0 Å². The normalized spacial score (nSPS) is 20.5. The first-order valence-electron chi connectivity index (χ1n) is 7.84. The zero-order valence-corrected chi connectivity index (χ0v) is 13.3. The van der Waals surface area contributed by atoms with Gasteiger partial charge < -0.3 is 10.2 Å². The fraction of sp³-hybridized carbons (Fsp3) is 1.00. The highest BCUT2D eigenvalue weighted by molar-refractivity contribution is 4.87. The Bertz CT molecular complexity index is 226. The van der Waals surface area contributed by atoms with Gasteiger partial charge in [0.05, 0.1) is 0 Å². The van der Waals surface area contributed by atoms with E-state index in [4.69, 9.17) is 0 Å². The summed E-state index contributed by atoms with van der Waals surface area (Å²) in [6.07, 6.45) is 5.36. The van der Waals surface area contributed by atoms with Gasteiger partial charge in [-0.1, -0.05) is 34.6 Å². The molecule has 0 unspecified atom stereocenters. The van der Waals surface area contributed by atoms with Gasteiger partial charge in [-0.05, 0) is 49.6 Å². The Morgan fingerprint density at radius 3 is 2.28 bits per heavy atom. The molecular formula is C16H34N2. The summed E-state index contributed by atoms with van der Waals surface area (Å²) >= 11 is 0. The second-order valence-corrected chi connectivity index (χ2v) is 7.29. The number of nitrogens with one attached hydrogen (secondary N) is 1. The summed E-state index contributed by atoms with van der Waals surface area (Å²) < 4.78 is 0. The first kappa shape index (κ1) is 16.0. The smallest absolute Gasteiger partial charge is 0.0107 e. The second kappa shape index (κ2) is 6.91. The van der Waals surface area contributed by atoms with E-state index in [9.17, 15) is 0 Å². The van der Waals surface area contributed by atoms with E-state index in [-0.39, 0.29) is 0 Å². The molecule has 0 radical (unpaired) electrons. The number of nitrogens with zero attached hydrogens (tertiary/aromatic N) is 1. The Balaban J connectivity index is 2.11. The molecule has 0 amide bonds. The van der Waals surface area contributed by atoms with E-state index in [1.807, 2.05) is 0 Å². The Morgan fingerprint density at radius 1 is 1.11 bits per heavy atom. The van der Waals surface area contributed by atoms with Crippen LogP contribution < -0.4 is 5.32 Å². The van der Waals surface area contributed by atoms with Crippen LogP contribution in [0, 0.1) is 10.8 Å². The molecule has 1 heterocycles. The van der Waals surface area contributed by atoms with Crippen molar-refractivity contribution in [3.05, 3.63) is 0 Å². The molecular weight excluding hydrogens is 220 g/mol. The van der Waals surface area contributed by atoms with E-state index >= 15 is 0 Å². The van der Waals surface area contributed by atoms with Crippen molar-refractivity contribution in [2.24, 2.45) is 10.8 Å². The minimum Gasteiger partial charge on any atom is -0.315 e. The number of hydrogen-bond donors (Lipinski definition) is 1. The first-order valence-corrected chi connectivity index (χ1v) is 7.84. The fourth-order valence-electron chi connectivity index (χ4n) is 2.87. The molecule has 0 atom stereocenters. The molecule has 1 rings (SSSR count). The van der Waals surface area contributed by atoms with Gasteiger partial charge in [0.15, 0.2) is 0 Å². The minimum absolute atomic E-state index is 0.459. The molecule has 0 aliphatic carbocycles. The van der Waals surface area contributed by atoms with Gasteiger partial charge in [-0.15, -0.1) is 0 Å².